The monoisotopic (exact) mass is 426 g/mol. The Bertz CT molecular complexity index is 348. The summed E-state index contributed by atoms with van der Waals surface area (Å²) in [7, 11) is -1.15. The summed E-state index contributed by atoms with van der Waals surface area (Å²) in [5.41, 5.74) is 3.44. The fraction of sp³-hybridized carbons (Fsp3) is 0.895. The zero-order valence-corrected chi connectivity index (χ0v) is 20.3. The summed E-state index contributed by atoms with van der Waals surface area (Å²) in [6.45, 7) is 6.93. The second-order valence-electron chi connectivity index (χ2n) is 7.91. The highest BCUT2D eigenvalue weighted by atomic mass is 35.8. The molecule has 0 N–H and O–H groups in total. The van der Waals surface area contributed by atoms with Gasteiger partial charge in [-0.25, -0.2) is 0 Å². The summed E-state index contributed by atoms with van der Waals surface area (Å²) in [4.78, 5) is 0. The quantitative estimate of drug-likeness (QED) is 0.113. The van der Waals surface area contributed by atoms with Crippen LogP contribution in [0.5, 0.6) is 0 Å². The van der Waals surface area contributed by atoms with E-state index in [4.69, 9.17) is 33.2 Å². The van der Waals surface area contributed by atoms with Crippen LogP contribution in [0.25, 0.3) is 0 Å². The van der Waals surface area contributed by atoms with E-state index >= 15 is 0 Å². The van der Waals surface area contributed by atoms with Crippen molar-refractivity contribution in [2.24, 2.45) is 0 Å². The third kappa shape index (κ3) is 22.9. The zero-order chi connectivity index (χ0) is 18.3. The molecule has 142 valence electrons. The minimum Gasteiger partial charge on any atom is -0.132 e. The van der Waals surface area contributed by atoms with Crippen LogP contribution in [0, 0.1) is 11.5 Å². The Hall–Kier alpha value is 0.864. The number of rotatable bonds is 14. The molecule has 0 nitrogen and oxygen atoms in total. The molecule has 0 heterocycles. The Morgan fingerprint density at radius 3 is 1.33 bits per heavy atom. The van der Waals surface area contributed by atoms with Crippen LogP contribution in [0.1, 0.15) is 83.5 Å². The van der Waals surface area contributed by atoms with Crippen molar-refractivity contribution in [3.63, 3.8) is 0 Å². The first kappa shape index (κ1) is 24.9. The van der Waals surface area contributed by atoms with Crippen molar-refractivity contribution >= 4 is 47.3 Å². The van der Waals surface area contributed by atoms with Gasteiger partial charge in [0.15, 0.2) is 0 Å². The topological polar surface area (TPSA) is 0 Å². The summed E-state index contributed by atoms with van der Waals surface area (Å²) in [5, 5.41) is 0. The van der Waals surface area contributed by atoms with Gasteiger partial charge in [0.1, 0.15) is 8.07 Å². The Balaban J connectivity index is 3.17. The minimum absolute atomic E-state index is 0.821. The molecule has 24 heavy (non-hydrogen) atoms. The van der Waals surface area contributed by atoms with Crippen LogP contribution in [-0.4, -0.2) is 14.1 Å². The van der Waals surface area contributed by atoms with E-state index in [-0.39, 0.29) is 0 Å². The highest BCUT2D eigenvalue weighted by Gasteiger charge is 2.23. The van der Waals surface area contributed by atoms with E-state index in [0.717, 1.165) is 18.9 Å². The van der Waals surface area contributed by atoms with Crippen LogP contribution in [0.4, 0.5) is 0 Å². The molecule has 0 rings (SSSR count). The van der Waals surface area contributed by atoms with Gasteiger partial charge in [0.2, 0.25) is 0 Å². The molecule has 0 atom stereocenters. The van der Waals surface area contributed by atoms with Crippen LogP contribution in [0.3, 0.4) is 0 Å². The summed E-state index contributed by atoms with van der Waals surface area (Å²) < 4.78 is 0. The van der Waals surface area contributed by atoms with E-state index in [2.05, 4.69) is 31.1 Å². The van der Waals surface area contributed by atoms with Gasteiger partial charge < -0.3 is 0 Å². The van der Waals surface area contributed by atoms with Crippen LogP contribution < -0.4 is 0 Å². The third-order valence-electron chi connectivity index (χ3n) is 3.98. The zero-order valence-electron chi connectivity index (χ0n) is 16.0. The van der Waals surface area contributed by atoms with Crippen molar-refractivity contribution in [3.05, 3.63) is 0 Å². The first-order chi connectivity index (χ1) is 11.2. The van der Waals surface area contributed by atoms with Crippen molar-refractivity contribution in [2.45, 2.75) is 109 Å². The molecular formula is C19H37Cl3Si2. The SMILES string of the molecule is C[Si](C)(C)C#CCCCCCCCCCCCCCC[Si](Cl)(Cl)Cl. The number of halogens is 3. The summed E-state index contributed by atoms with van der Waals surface area (Å²) in [6.07, 6.45) is 17.0. The van der Waals surface area contributed by atoms with Gasteiger partial charge in [-0.05, 0) is 12.5 Å². The fourth-order valence-electron chi connectivity index (χ4n) is 2.63. The average Bonchev–Trinajstić information content (AvgIpc) is 2.44. The molecule has 0 fully saturated rings. The molecule has 0 unspecified atom stereocenters. The average molecular weight is 428 g/mol. The van der Waals surface area contributed by atoms with Crippen molar-refractivity contribution in [1.29, 1.82) is 0 Å². The van der Waals surface area contributed by atoms with Gasteiger partial charge in [0.25, 0.3) is 0 Å². The van der Waals surface area contributed by atoms with Crippen molar-refractivity contribution in [1.82, 2.24) is 0 Å². The van der Waals surface area contributed by atoms with E-state index in [1.165, 1.54) is 70.6 Å². The predicted molar refractivity (Wildman–Crippen MR) is 119 cm³/mol. The van der Waals surface area contributed by atoms with Gasteiger partial charge in [0.05, 0.1) is 0 Å². The second-order valence-corrected chi connectivity index (χ2v) is 21.9. The normalized spacial score (nSPS) is 12.1. The number of hydrogen-bond donors (Lipinski definition) is 0. The van der Waals surface area contributed by atoms with Crippen LogP contribution in [0.2, 0.25) is 25.7 Å². The molecule has 0 aromatic rings. The van der Waals surface area contributed by atoms with Crippen LogP contribution in [0.15, 0.2) is 0 Å². The summed E-state index contributed by atoms with van der Waals surface area (Å²) in [6, 6.07) is -1.54. The molecular weight excluding hydrogens is 391 g/mol. The molecule has 0 aromatic carbocycles. The van der Waals surface area contributed by atoms with E-state index in [9.17, 15) is 0 Å². The van der Waals surface area contributed by atoms with E-state index < -0.39 is 14.1 Å². The molecule has 0 saturated heterocycles. The Morgan fingerprint density at radius 1 is 0.583 bits per heavy atom. The predicted octanol–water partition coefficient (Wildman–Crippen LogP) is 8.59. The molecule has 0 bridgehead atoms. The Morgan fingerprint density at radius 2 is 0.958 bits per heavy atom. The lowest BCUT2D eigenvalue weighted by Crippen LogP contribution is -2.16. The lowest BCUT2D eigenvalue weighted by atomic mass is 10.0. The number of hydrogen-bond acceptors (Lipinski definition) is 0. The molecule has 0 aliphatic rings. The molecule has 0 saturated carbocycles. The minimum atomic E-state index is -2.36. The van der Waals surface area contributed by atoms with Gasteiger partial charge in [-0.3, -0.25) is 0 Å². The summed E-state index contributed by atoms with van der Waals surface area (Å²) in [5.74, 6) is 3.37. The number of unbranched alkanes of at least 4 members (excludes halogenated alkanes) is 12. The van der Waals surface area contributed by atoms with Crippen molar-refractivity contribution in [3.8, 4) is 11.5 Å². The molecule has 5 heteroatoms. The fourth-order valence-corrected chi connectivity index (χ4v) is 5.14. The van der Waals surface area contributed by atoms with Crippen LogP contribution in [-0.2, 0) is 0 Å². The Kier molecular flexibility index (Phi) is 15.5. The van der Waals surface area contributed by atoms with Gasteiger partial charge in [-0.15, -0.1) is 44.7 Å². The first-order valence-electron chi connectivity index (χ1n) is 9.77. The van der Waals surface area contributed by atoms with Gasteiger partial charge in [0, 0.05) is 6.42 Å². The second kappa shape index (κ2) is 15.0. The van der Waals surface area contributed by atoms with E-state index in [1.54, 1.807) is 0 Å². The maximum Gasteiger partial charge on any atom is 0.341 e. The van der Waals surface area contributed by atoms with E-state index in [0.29, 0.717) is 0 Å². The Labute approximate surface area is 167 Å². The lowest BCUT2D eigenvalue weighted by Gasteiger charge is -2.06. The highest BCUT2D eigenvalue weighted by molar-refractivity contribution is 7.64. The molecule has 0 aliphatic carbocycles. The smallest absolute Gasteiger partial charge is 0.132 e. The molecule has 0 radical (unpaired) electrons. The molecule has 0 amide bonds. The van der Waals surface area contributed by atoms with Crippen LogP contribution >= 0.6 is 33.2 Å². The lowest BCUT2D eigenvalue weighted by molar-refractivity contribution is 0.545. The maximum absolute atomic E-state index is 5.87. The van der Waals surface area contributed by atoms with Gasteiger partial charge in [-0.1, -0.05) is 90.3 Å². The summed E-state index contributed by atoms with van der Waals surface area (Å²) >= 11 is 17.6. The largest absolute Gasteiger partial charge is 0.341 e. The van der Waals surface area contributed by atoms with Crippen molar-refractivity contribution in [2.75, 3.05) is 0 Å². The standard InChI is InChI=1S/C19H37Cl3Si2/c1-23(2,3)18-16-14-12-10-8-6-4-5-7-9-11-13-15-17-19-24(20,21)22/h4-15,17,19H2,1-3H3. The van der Waals surface area contributed by atoms with E-state index in [1.807, 2.05) is 0 Å². The first-order valence-corrected chi connectivity index (χ1v) is 18.5. The molecule has 0 spiro atoms. The third-order valence-corrected chi connectivity index (χ3v) is 7.52. The molecule has 0 aromatic heterocycles. The molecule has 0 aliphatic heterocycles. The highest BCUT2D eigenvalue weighted by Crippen LogP contribution is 2.27. The van der Waals surface area contributed by atoms with Gasteiger partial charge in [-0.2, -0.15) is 0 Å². The maximum atomic E-state index is 5.87. The van der Waals surface area contributed by atoms with Crippen molar-refractivity contribution < 1.29 is 0 Å². The van der Waals surface area contributed by atoms with Gasteiger partial charge >= 0.3 is 6.00 Å².